The fraction of sp³-hybridized carbons (Fsp3) is 0.438. The Hall–Kier alpha value is -2.37. The quantitative estimate of drug-likeness (QED) is 0.865. The second kappa shape index (κ2) is 6.17. The molecule has 1 atom stereocenters. The van der Waals surface area contributed by atoms with E-state index in [0.717, 1.165) is 30.7 Å². The molecule has 0 bridgehead atoms. The predicted molar refractivity (Wildman–Crippen MR) is 81.8 cm³/mol. The van der Waals surface area contributed by atoms with Crippen LogP contribution in [0.15, 0.2) is 30.9 Å². The number of benzene rings is 1. The van der Waals surface area contributed by atoms with Crippen LogP contribution in [0, 0.1) is 6.92 Å². The zero-order valence-electron chi connectivity index (χ0n) is 12.9. The van der Waals surface area contributed by atoms with Gasteiger partial charge < -0.3 is 9.64 Å². The molecular formula is C16H20N4O2. The number of amides is 1. The van der Waals surface area contributed by atoms with Crippen molar-refractivity contribution in [3.05, 3.63) is 42.0 Å². The van der Waals surface area contributed by atoms with E-state index in [9.17, 15) is 4.79 Å². The molecule has 6 heteroatoms. The van der Waals surface area contributed by atoms with Gasteiger partial charge in [-0.15, -0.1) is 0 Å². The van der Waals surface area contributed by atoms with Crippen LogP contribution in [0.4, 0.5) is 0 Å². The Morgan fingerprint density at radius 2 is 2.32 bits per heavy atom. The first-order valence-electron chi connectivity index (χ1n) is 7.47. The minimum atomic E-state index is 0.0564. The monoisotopic (exact) mass is 300 g/mol. The highest BCUT2D eigenvalue weighted by Gasteiger charge is 2.30. The van der Waals surface area contributed by atoms with Gasteiger partial charge in [0.2, 0.25) is 0 Å². The molecule has 1 unspecified atom stereocenters. The Morgan fingerprint density at radius 3 is 3.05 bits per heavy atom. The Balaban J connectivity index is 1.78. The van der Waals surface area contributed by atoms with Crippen molar-refractivity contribution in [2.45, 2.75) is 32.4 Å². The van der Waals surface area contributed by atoms with E-state index in [-0.39, 0.29) is 11.9 Å². The van der Waals surface area contributed by atoms with Crippen molar-refractivity contribution in [3.63, 3.8) is 0 Å². The molecule has 0 aliphatic carbocycles. The number of aryl methyl sites for hydroxylation is 1. The minimum Gasteiger partial charge on any atom is -0.496 e. The lowest BCUT2D eigenvalue weighted by molar-refractivity contribution is 0.0721. The molecule has 1 aliphatic heterocycles. The smallest absolute Gasteiger partial charge is 0.254 e. The number of nitrogens with zero attached hydrogens (tertiary/aromatic N) is 4. The summed E-state index contributed by atoms with van der Waals surface area (Å²) in [5, 5.41) is 4.13. The van der Waals surface area contributed by atoms with Gasteiger partial charge in [0.15, 0.2) is 0 Å². The highest BCUT2D eigenvalue weighted by atomic mass is 16.5. The second-order valence-corrected chi connectivity index (χ2v) is 5.60. The summed E-state index contributed by atoms with van der Waals surface area (Å²) in [6.07, 6.45) is 5.23. The van der Waals surface area contributed by atoms with Crippen LogP contribution in [0.5, 0.6) is 5.75 Å². The Bertz CT molecular complexity index is 654. The topological polar surface area (TPSA) is 60.2 Å². The number of rotatable bonds is 4. The third-order valence-electron chi connectivity index (χ3n) is 4.16. The standard InChI is InChI=1S/C16H20N4O2/c1-12-5-6-13(8-15(12)22-2)16(21)20-7-3-4-14(20)9-19-11-17-10-18-19/h5-6,8,10-11,14H,3-4,7,9H2,1-2H3. The number of likely N-dealkylation sites (tertiary alicyclic amines) is 1. The third-order valence-corrected chi connectivity index (χ3v) is 4.16. The zero-order valence-corrected chi connectivity index (χ0v) is 12.9. The van der Waals surface area contributed by atoms with Gasteiger partial charge >= 0.3 is 0 Å². The average molecular weight is 300 g/mol. The number of methoxy groups -OCH3 is 1. The molecule has 1 aromatic carbocycles. The van der Waals surface area contributed by atoms with Gasteiger partial charge in [-0.05, 0) is 37.5 Å². The lowest BCUT2D eigenvalue weighted by Crippen LogP contribution is -2.38. The third kappa shape index (κ3) is 2.81. The van der Waals surface area contributed by atoms with Crippen LogP contribution in [-0.4, -0.2) is 45.3 Å². The van der Waals surface area contributed by atoms with Gasteiger partial charge in [-0.2, -0.15) is 5.10 Å². The van der Waals surface area contributed by atoms with E-state index in [0.29, 0.717) is 12.1 Å². The second-order valence-electron chi connectivity index (χ2n) is 5.60. The van der Waals surface area contributed by atoms with Crippen LogP contribution in [0.25, 0.3) is 0 Å². The van der Waals surface area contributed by atoms with Crippen molar-refractivity contribution in [2.75, 3.05) is 13.7 Å². The van der Waals surface area contributed by atoms with Crippen molar-refractivity contribution in [1.82, 2.24) is 19.7 Å². The first kappa shape index (κ1) is 14.6. The average Bonchev–Trinajstić information content (AvgIpc) is 3.19. The Morgan fingerprint density at radius 1 is 1.45 bits per heavy atom. The maximum absolute atomic E-state index is 12.8. The van der Waals surface area contributed by atoms with E-state index in [4.69, 9.17) is 4.74 Å². The maximum Gasteiger partial charge on any atom is 0.254 e. The number of carbonyl (C=O) groups excluding carboxylic acids is 1. The summed E-state index contributed by atoms with van der Waals surface area (Å²) in [6.45, 7) is 3.44. The summed E-state index contributed by atoms with van der Waals surface area (Å²) < 4.78 is 7.10. The minimum absolute atomic E-state index is 0.0564. The van der Waals surface area contributed by atoms with Crippen molar-refractivity contribution >= 4 is 5.91 Å². The molecule has 22 heavy (non-hydrogen) atoms. The molecule has 6 nitrogen and oxygen atoms in total. The van der Waals surface area contributed by atoms with Gasteiger partial charge in [0.1, 0.15) is 18.4 Å². The predicted octanol–water partition coefficient (Wildman–Crippen LogP) is 1.90. The summed E-state index contributed by atoms with van der Waals surface area (Å²) in [5.41, 5.74) is 1.70. The normalized spacial score (nSPS) is 17.7. The van der Waals surface area contributed by atoms with Crippen LogP contribution < -0.4 is 4.74 Å². The van der Waals surface area contributed by atoms with Crippen molar-refractivity contribution in [3.8, 4) is 5.75 Å². The van der Waals surface area contributed by atoms with E-state index in [1.807, 2.05) is 30.0 Å². The number of hydrogen-bond donors (Lipinski definition) is 0. The first-order chi connectivity index (χ1) is 10.7. The van der Waals surface area contributed by atoms with Crippen LogP contribution in [-0.2, 0) is 6.54 Å². The van der Waals surface area contributed by atoms with E-state index in [2.05, 4.69) is 10.1 Å². The molecule has 0 N–H and O–H groups in total. The first-order valence-corrected chi connectivity index (χ1v) is 7.47. The van der Waals surface area contributed by atoms with Crippen molar-refractivity contribution in [2.24, 2.45) is 0 Å². The molecule has 0 spiro atoms. The highest BCUT2D eigenvalue weighted by molar-refractivity contribution is 5.95. The van der Waals surface area contributed by atoms with Gasteiger partial charge in [-0.25, -0.2) is 4.98 Å². The highest BCUT2D eigenvalue weighted by Crippen LogP contribution is 2.24. The SMILES string of the molecule is COc1cc(C(=O)N2CCCC2Cn2cncn2)ccc1C. The van der Waals surface area contributed by atoms with Gasteiger partial charge in [0, 0.05) is 12.1 Å². The van der Waals surface area contributed by atoms with E-state index in [1.54, 1.807) is 18.1 Å². The number of hydrogen-bond acceptors (Lipinski definition) is 4. The maximum atomic E-state index is 12.8. The van der Waals surface area contributed by atoms with Gasteiger partial charge in [0.05, 0.1) is 19.7 Å². The Kier molecular flexibility index (Phi) is 4.09. The van der Waals surface area contributed by atoms with Gasteiger partial charge in [-0.1, -0.05) is 6.07 Å². The number of carbonyl (C=O) groups is 1. The molecule has 1 aliphatic rings. The van der Waals surface area contributed by atoms with Gasteiger partial charge in [0.25, 0.3) is 5.91 Å². The molecule has 2 aromatic rings. The lowest BCUT2D eigenvalue weighted by Gasteiger charge is -2.25. The lowest BCUT2D eigenvalue weighted by atomic mass is 10.1. The molecular weight excluding hydrogens is 280 g/mol. The molecule has 1 fully saturated rings. The fourth-order valence-corrected chi connectivity index (χ4v) is 2.95. The molecule has 1 saturated heterocycles. The molecule has 3 rings (SSSR count). The molecule has 1 aromatic heterocycles. The van der Waals surface area contributed by atoms with Crippen molar-refractivity contribution < 1.29 is 9.53 Å². The largest absolute Gasteiger partial charge is 0.496 e. The molecule has 0 saturated carbocycles. The molecule has 116 valence electrons. The van der Waals surface area contributed by atoms with E-state index in [1.165, 1.54) is 6.33 Å². The number of aromatic nitrogens is 3. The zero-order chi connectivity index (χ0) is 15.5. The van der Waals surface area contributed by atoms with Gasteiger partial charge in [-0.3, -0.25) is 9.48 Å². The van der Waals surface area contributed by atoms with Crippen LogP contribution >= 0.6 is 0 Å². The van der Waals surface area contributed by atoms with Crippen LogP contribution in [0.3, 0.4) is 0 Å². The van der Waals surface area contributed by atoms with E-state index >= 15 is 0 Å². The van der Waals surface area contributed by atoms with Crippen molar-refractivity contribution in [1.29, 1.82) is 0 Å². The summed E-state index contributed by atoms with van der Waals surface area (Å²) in [6, 6.07) is 5.78. The molecule has 2 heterocycles. The molecule has 0 radical (unpaired) electrons. The summed E-state index contributed by atoms with van der Waals surface area (Å²) in [5.74, 6) is 0.804. The number of ether oxygens (including phenoxy) is 1. The van der Waals surface area contributed by atoms with E-state index < -0.39 is 0 Å². The summed E-state index contributed by atoms with van der Waals surface area (Å²) in [7, 11) is 1.62. The van der Waals surface area contributed by atoms with Crippen LogP contribution in [0.1, 0.15) is 28.8 Å². The Labute approximate surface area is 129 Å². The fourth-order valence-electron chi connectivity index (χ4n) is 2.95. The van der Waals surface area contributed by atoms with Crippen LogP contribution in [0.2, 0.25) is 0 Å². The summed E-state index contributed by atoms with van der Waals surface area (Å²) in [4.78, 5) is 18.7. The summed E-state index contributed by atoms with van der Waals surface area (Å²) >= 11 is 0. The molecule has 1 amide bonds.